The van der Waals surface area contributed by atoms with E-state index in [-0.39, 0.29) is 11.7 Å². The Labute approximate surface area is 117 Å². The zero-order valence-electron chi connectivity index (χ0n) is 11.3. The van der Waals surface area contributed by atoms with Crippen LogP contribution in [0.15, 0.2) is 24.3 Å². The first-order chi connectivity index (χ1) is 9.61. The van der Waals surface area contributed by atoms with Gasteiger partial charge in [-0.05, 0) is 31.5 Å². The van der Waals surface area contributed by atoms with Gasteiger partial charge in [-0.1, -0.05) is 18.9 Å². The van der Waals surface area contributed by atoms with Crippen molar-refractivity contribution in [2.75, 3.05) is 11.9 Å². The van der Waals surface area contributed by atoms with Gasteiger partial charge in [0.15, 0.2) is 0 Å². The van der Waals surface area contributed by atoms with Crippen LogP contribution in [0.4, 0.5) is 14.5 Å². The lowest BCUT2D eigenvalue weighted by Crippen LogP contribution is -2.11. The lowest BCUT2D eigenvalue weighted by atomic mass is 10.1. The minimum Gasteiger partial charge on any atom is -0.435 e. The van der Waals surface area contributed by atoms with Gasteiger partial charge >= 0.3 is 6.61 Å². The van der Waals surface area contributed by atoms with Crippen molar-refractivity contribution in [1.82, 2.24) is 0 Å². The van der Waals surface area contributed by atoms with Gasteiger partial charge in [-0.3, -0.25) is 4.79 Å². The largest absolute Gasteiger partial charge is 0.435 e. The summed E-state index contributed by atoms with van der Waals surface area (Å²) >= 11 is 0. The minimum absolute atomic E-state index is 0.0285. The molecule has 0 aliphatic heterocycles. The molecule has 0 aliphatic carbocycles. The number of nitrogens with one attached hydrogen (secondary N) is 1. The first kappa shape index (κ1) is 16.4. The van der Waals surface area contributed by atoms with Gasteiger partial charge in [0, 0.05) is 18.2 Å². The molecule has 0 unspecified atom stereocenters. The van der Waals surface area contributed by atoms with Crippen LogP contribution < -0.4 is 15.8 Å². The molecular formula is C14H20F2N2O2. The Hall–Kier alpha value is -1.69. The van der Waals surface area contributed by atoms with Crippen molar-refractivity contribution in [3.63, 3.8) is 0 Å². The quantitative estimate of drug-likeness (QED) is 0.685. The van der Waals surface area contributed by atoms with Crippen molar-refractivity contribution in [3.8, 4) is 5.75 Å². The maximum Gasteiger partial charge on any atom is 0.387 e. The second-order valence-electron chi connectivity index (χ2n) is 4.41. The first-order valence-electron chi connectivity index (χ1n) is 6.66. The fourth-order valence-electron chi connectivity index (χ4n) is 1.76. The molecule has 0 aliphatic rings. The van der Waals surface area contributed by atoms with Crippen LogP contribution >= 0.6 is 0 Å². The summed E-state index contributed by atoms with van der Waals surface area (Å²) < 4.78 is 28.4. The third-order valence-electron chi connectivity index (χ3n) is 2.70. The number of anilines is 1. The van der Waals surface area contributed by atoms with E-state index in [9.17, 15) is 13.6 Å². The van der Waals surface area contributed by atoms with Crippen LogP contribution in [0.2, 0.25) is 0 Å². The van der Waals surface area contributed by atoms with E-state index in [1.54, 1.807) is 12.1 Å². The molecule has 0 spiro atoms. The molecule has 0 bridgehead atoms. The SMILES string of the molecule is NCCCCCCC(=O)Nc1cccc(OC(F)F)c1. The first-order valence-corrected chi connectivity index (χ1v) is 6.66. The molecule has 1 rings (SSSR count). The number of carbonyl (C=O) groups is 1. The van der Waals surface area contributed by atoms with Crippen LogP contribution in [0.25, 0.3) is 0 Å². The Kier molecular flexibility index (Phi) is 7.57. The van der Waals surface area contributed by atoms with Gasteiger partial charge < -0.3 is 15.8 Å². The van der Waals surface area contributed by atoms with Crippen molar-refractivity contribution in [3.05, 3.63) is 24.3 Å². The average molecular weight is 286 g/mol. The molecule has 20 heavy (non-hydrogen) atoms. The molecule has 1 aromatic rings. The molecule has 4 nitrogen and oxygen atoms in total. The summed E-state index contributed by atoms with van der Waals surface area (Å²) in [7, 11) is 0. The molecule has 112 valence electrons. The fraction of sp³-hybridized carbons (Fsp3) is 0.500. The average Bonchev–Trinajstić information content (AvgIpc) is 2.38. The Balaban J connectivity index is 2.34. The van der Waals surface area contributed by atoms with Crippen LogP contribution in [-0.2, 0) is 4.79 Å². The summed E-state index contributed by atoms with van der Waals surface area (Å²) in [6.45, 7) is -2.20. The van der Waals surface area contributed by atoms with Crippen LogP contribution in [0.1, 0.15) is 32.1 Å². The predicted molar refractivity (Wildman–Crippen MR) is 73.8 cm³/mol. The lowest BCUT2D eigenvalue weighted by Gasteiger charge is -2.08. The number of benzene rings is 1. The second-order valence-corrected chi connectivity index (χ2v) is 4.41. The molecule has 6 heteroatoms. The highest BCUT2D eigenvalue weighted by Gasteiger charge is 2.06. The van der Waals surface area contributed by atoms with E-state index < -0.39 is 6.61 Å². The number of unbranched alkanes of at least 4 members (excludes halogenated alkanes) is 3. The molecule has 0 heterocycles. The van der Waals surface area contributed by atoms with E-state index >= 15 is 0 Å². The fourth-order valence-corrected chi connectivity index (χ4v) is 1.76. The number of nitrogens with two attached hydrogens (primary N) is 1. The number of hydrogen-bond acceptors (Lipinski definition) is 3. The van der Waals surface area contributed by atoms with E-state index in [4.69, 9.17) is 5.73 Å². The second kappa shape index (κ2) is 9.25. The molecule has 0 aromatic heterocycles. The highest BCUT2D eigenvalue weighted by Crippen LogP contribution is 2.19. The monoisotopic (exact) mass is 286 g/mol. The number of rotatable bonds is 9. The molecule has 0 fully saturated rings. The highest BCUT2D eigenvalue weighted by molar-refractivity contribution is 5.90. The van der Waals surface area contributed by atoms with Crippen LogP contribution in [0.5, 0.6) is 5.75 Å². The molecular weight excluding hydrogens is 266 g/mol. The van der Waals surface area contributed by atoms with Gasteiger partial charge in [0.25, 0.3) is 0 Å². The van der Waals surface area contributed by atoms with Crippen LogP contribution in [0.3, 0.4) is 0 Å². The van der Waals surface area contributed by atoms with E-state index in [2.05, 4.69) is 10.1 Å². The summed E-state index contributed by atoms with van der Waals surface area (Å²) in [5.41, 5.74) is 5.83. The van der Waals surface area contributed by atoms with Crippen molar-refractivity contribution in [2.24, 2.45) is 5.73 Å². The predicted octanol–water partition coefficient (Wildman–Crippen LogP) is 3.14. The molecule has 0 atom stereocenters. The van der Waals surface area contributed by atoms with E-state index in [0.29, 0.717) is 18.7 Å². The normalized spacial score (nSPS) is 10.6. The maximum absolute atomic E-state index is 12.1. The van der Waals surface area contributed by atoms with Gasteiger partial charge in [0.05, 0.1) is 0 Å². The highest BCUT2D eigenvalue weighted by atomic mass is 19.3. The van der Waals surface area contributed by atoms with Gasteiger partial charge in [0.1, 0.15) is 5.75 Å². The Morgan fingerprint density at radius 2 is 2.00 bits per heavy atom. The van der Waals surface area contributed by atoms with Crippen molar-refractivity contribution in [1.29, 1.82) is 0 Å². The van der Waals surface area contributed by atoms with E-state index in [1.807, 2.05) is 0 Å². The van der Waals surface area contributed by atoms with Gasteiger partial charge in [0.2, 0.25) is 5.91 Å². The molecule has 0 saturated carbocycles. The number of amides is 1. The number of alkyl halides is 2. The van der Waals surface area contributed by atoms with Gasteiger partial charge in [-0.25, -0.2) is 0 Å². The Bertz CT molecular complexity index is 414. The standard InChI is InChI=1S/C14H20F2N2O2/c15-14(16)20-12-7-5-6-11(10-12)18-13(19)8-3-1-2-4-9-17/h5-7,10,14H,1-4,8-9,17H2,(H,18,19). The summed E-state index contributed by atoms with van der Waals surface area (Å²) in [6.07, 6.45) is 4.14. The summed E-state index contributed by atoms with van der Waals surface area (Å²) in [5, 5.41) is 2.66. The summed E-state index contributed by atoms with van der Waals surface area (Å²) in [6, 6.07) is 5.96. The number of carbonyl (C=O) groups excluding carboxylic acids is 1. The molecule has 3 N–H and O–H groups in total. The maximum atomic E-state index is 12.1. The van der Waals surface area contributed by atoms with E-state index in [1.165, 1.54) is 12.1 Å². The minimum atomic E-state index is -2.87. The molecule has 0 radical (unpaired) electrons. The van der Waals surface area contributed by atoms with Crippen LogP contribution in [-0.4, -0.2) is 19.1 Å². The lowest BCUT2D eigenvalue weighted by molar-refractivity contribution is -0.116. The Morgan fingerprint density at radius 1 is 1.25 bits per heavy atom. The molecule has 1 amide bonds. The van der Waals surface area contributed by atoms with Crippen molar-refractivity contribution >= 4 is 11.6 Å². The molecule has 0 saturated heterocycles. The number of hydrogen-bond donors (Lipinski definition) is 2. The smallest absolute Gasteiger partial charge is 0.387 e. The van der Waals surface area contributed by atoms with Crippen molar-refractivity contribution < 1.29 is 18.3 Å². The topological polar surface area (TPSA) is 64.4 Å². The Morgan fingerprint density at radius 3 is 2.70 bits per heavy atom. The van der Waals surface area contributed by atoms with Gasteiger partial charge in [-0.2, -0.15) is 8.78 Å². The van der Waals surface area contributed by atoms with Crippen molar-refractivity contribution in [2.45, 2.75) is 38.7 Å². The zero-order valence-corrected chi connectivity index (χ0v) is 11.3. The zero-order chi connectivity index (χ0) is 14.8. The summed E-state index contributed by atoms with van der Waals surface area (Å²) in [5.74, 6) is -0.104. The van der Waals surface area contributed by atoms with E-state index in [0.717, 1.165) is 25.7 Å². The number of ether oxygens (including phenoxy) is 1. The van der Waals surface area contributed by atoms with Crippen LogP contribution in [0, 0.1) is 0 Å². The van der Waals surface area contributed by atoms with Gasteiger partial charge in [-0.15, -0.1) is 0 Å². The molecule has 1 aromatic carbocycles. The summed E-state index contributed by atoms with van der Waals surface area (Å²) in [4.78, 5) is 11.7. The third kappa shape index (κ3) is 7.04. The number of halogens is 2. The third-order valence-corrected chi connectivity index (χ3v) is 2.70.